The van der Waals surface area contributed by atoms with Crippen molar-refractivity contribution in [2.75, 3.05) is 18.5 Å². The fourth-order valence-electron chi connectivity index (χ4n) is 4.07. The Morgan fingerprint density at radius 1 is 0.943 bits per heavy atom. The number of hydrogen-bond donors (Lipinski definition) is 2. The van der Waals surface area contributed by atoms with Gasteiger partial charge in [-0.1, -0.05) is 18.2 Å². The van der Waals surface area contributed by atoms with Crippen molar-refractivity contribution in [2.45, 2.75) is 13.0 Å². The third-order valence-corrected chi connectivity index (χ3v) is 5.77. The van der Waals surface area contributed by atoms with Crippen LogP contribution in [0.25, 0.3) is 11.1 Å². The Bertz CT molecular complexity index is 1390. The maximum atomic E-state index is 13.4. The quantitative estimate of drug-likeness (QED) is 0.319. The molecule has 2 aromatic heterocycles. The van der Waals surface area contributed by atoms with E-state index in [1.54, 1.807) is 18.3 Å². The Balaban J connectivity index is 1.15. The van der Waals surface area contributed by atoms with Crippen LogP contribution in [-0.2, 0) is 13.0 Å². The van der Waals surface area contributed by atoms with Crippen LogP contribution in [0.5, 0.6) is 5.75 Å². The topological polar surface area (TPSA) is 76.1 Å². The summed E-state index contributed by atoms with van der Waals surface area (Å²) in [5.74, 6) is -1.08. The molecule has 0 saturated heterocycles. The minimum absolute atomic E-state index is 0.0607. The minimum atomic E-state index is -0.954. The second kappa shape index (κ2) is 9.89. The molecule has 1 aliphatic carbocycles. The molecule has 0 saturated carbocycles. The zero-order valence-corrected chi connectivity index (χ0v) is 18.7. The number of fused-ring (bicyclic) bond motifs is 3. The van der Waals surface area contributed by atoms with Crippen molar-refractivity contribution in [3.63, 3.8) is 0 Å². The summed E-state index contributed by atoms with van der Waals surface area (Å²) in [6.45, 7) is 0.862. The van der Waals surface area contributed by atoms with Crippen LogP contribution in [0.4, 0.5) is 14.6 Å². The number of carbonyl (C=O) groups excluding carboxylic acids is 1. The SMILES string of the molecule is O=C(NCc1ccc(F)c(F)c1)c1cccnc1NCCOc1ccc2c(c1)Cc1ncccc1-2. The number of rotatable bonds is 8. The van der Waals surface area contributed by atoms with Crippen LogP contribution < -0.4 is 15.4 Å². The summed E-state index contributed by atoms with van der Waals surface area (Å²) in [5, 5.41) is 5.83. The van der Waals surface area contributed by atoms with E-state index >= 15 is 0 Å². The van der Waals surface area contributed by atoms with Gasteiger partial charge in [0.25, 0.3) is 5.91 Å². The number of halogens is 2. The molecule has 4 aromatic rings. The number of carbonyl (C=O) groups is 1. The zero-order chi connectivity index (χ0) is 24.2. The molecule has 0 bridgehead atoms. The molecule has 0 spiro atoms. The largest absolute Gasteiger partial charge is 0.492 e. The van der Waals surface area contributed by atoms with Crippen molar-refractivity contribution in [1.29, 1.82) is 0 Å². The molecular weight excluding hydrogens is 450 g/mol. The predicted molar refractivity (Wildman–Crippen MR) is 128 cm³/mol. The molecule has 35 heavy (non-hydrogen) atoms. The normalized spacial score (nSPS) is 11.5. The van der Waals surface area contributed by atoms with Gasteiger partial charge >= 0.3 is 0 Å². The Morgan fingerprint density at radius 3 is 2.69 bits per heavy atom. The maximum Gasteiger partial charge on any atom is 0.255 e. The number of amides is 1. The number of aromatic nitrogens is 2. The Morgan fingerprint density at radius 2 is 1.80 bits per heavy atom. The number of ether oxygens (including phenoxy) is 1. The van der Waals surface area contributed by atoms with Crippen LogP contribution in [0.1, 0.15) is 27.2 Å². The molecule has 1 aliphatic rings. The molecule has 0 unspecified atom stereocenters. The summed E-state index contributed by atoms with van der Waals surface area (Å²) in [4.78, 5) is 21.4. The summed E-state index contributed by atoms with van der Waals surface area (Å²) in [6.07, 6.45) is 4.18. The number of pyridine rings is 2. The number of anilines is 1. The third kappa shape index (κ3) is 4.96. The third-order valence-electron chi connectivity index (χ3n) is 5.77. The highest BCUT2D eigenvalue weighted by atomic mass is 19.2. The lowest BCUT2D eigenvalue weighted by Gasteiger charge is -2.12. The molecule has 2 aromatic carbocycles. The Hall–Kier alpha value is -4.33. The summed E-state index contributed by atoms with van der Waals surface area (Å²) >= 11 is 0. The van der Waals surface area contributed by atoms with Crippen LogP contribution in [0, 0.1) is 11.6 Å². The molecule has 0 aliphatic heterocycles. The molecule has 2 N–H and O–H groups in total. The Kier molecular flexibility index (Phi) is 6.34. The summed E-state index contributed by atoms with van der Waals surface area (Å²) in [7, 11) is 0. The van der Waals surface area contributed by atoms with Crippen molar-refractivity contribution < 1.29 is 18.3 Å². The number of nitrogens with one attached hydrogen (secondary N) is 2. The van der Waals surface area contributed by atoms with E-state index in [0.29, 0.717) is 30.1 Å². The van der Waals surface area contributed by atoms with E-state index in [9.17, 15) is 13.6 Å². The first-order chi connectivity index (χ1) is 17.1. The second-order valence-corrected chi connectivity index (χ2v) is 8.10. The lowest BCUT2D eigenvalue weighted by Crippen LogP contribution is -2.25. The molecule has 5 rings (SSSR count). The Labute approximate surface area is 201 Å². The monoisotopic (exact) mass is 472 g/mol. The van der Waals surface area contributed by atoms with Gasteiger partial charge in [0.05, 0.1) is 17.8 Å². The lowest BCUT2D eigenvalue weighted by atomic mass is 10.1. The first-order valence-corrected chi connectivity index (χ1v) is 11.2. The van der Waals surface area contributed by atoms with Crippen LogP contribution >= 0.6 is 0 Å². The molecule has 176 valence electrons. The van der Waals surface area contributed by atoms with Crippen LogP contribution in [0.3, 0.4) is 0 Å². The van der Waals surface area contributed by atoms with Crippen LogP contribution in [0.15, 0.2) is 73.1 Å². The lowest BCUT2D eigenvalue weighted by molar-refractivity contribution is 0.0951. The molecular formula is C27H22F2N4O2. The van der Waals surface area contributed by atoms with Gasteiger partial charge in [-0.2, -0.15) is 0 Å². The van der Waals surface area contributed by atoms with Crippen LogP contribution in [-0.4, -0.2) is 29.0 Å². The first-order valence-electron chi connectivity index (χ1n) is 11.2. The van der Waals surface area contributed by atoms with E-state index < -0.39 is 11.6 Å². The standard InChI is InChI=1S/C27H22F2N4O2/c28-23-8-5-17(13-24(23)29)16-33-27(34)22-4-2-10-31-26(22)32-11-12-35-19-6-7-20-18(14-19)15-25-21(20)3-1-9-30-25/h1-10,13-14H,11-12,15-16H2,(H,31,32)(H,33,34). The van der Waals surface area contributed by atoms with E-state index in [1.807, 2.05) is 24.4 Å². The fourth-order valence-corrected chi connectivity index (χ4v) is 4.07. The average Bonchev–Trinajstić information content (AvgIpc) is 3.25. The number of hydrogen-bond acceptors (Lipinski definition) is 5. The highest BCUT2D eigenvalue weighted by molar-refractivity contribution is 5.98. The van der Waals surface area contributed by atoms with Crippen molar-refractivity contribution in [2.24, 2.45) is 0 Å². The van der Waals surface area contributed by atoms with E-state index in [0.717, 1.165) is 30.0 Å². The molecule has 0 fully saturated rings. The summed E-state index contributed by atoms with van der Waals surface area (Å²) < 4.78 is 32.4. The van der Waals surface area contributed by atoms with Gasteiger partial charge in [-0.15, -0.1) is 0 Å². The van der Waals surface area contributed by atoms with Gasteiger partial charge in [0.15, 0.2) is 11.6 Å². The minimum Gasteiger partial charge on any atom is -0.492 e. The van der Waals surface area contributed by atoms with E-state index in [-0.39, 0.29) is 12.5 Å². The van der Waals surface area contributed by atoms with E-state index in [1.165, 1.54) is 22.8 Å². The van der Waals surface area contributed by atoms with Crippen molar-refractivity contribution in [3.05, 3.63) is 107 Å². The highest BCUT2D eigenvalue weighted by Crippen LogP contribution is 2.36. The molecule has 0 radical (unpaired) electrons. The average molecular weight is 472 g/mol. The van der Waals surface area contributed by atoms with Gasteiger partial charge in [0.2, 0.25) is 0 Å². The van der Waals surface area contributed by atoms with Gasteiger partial charge in [0.1, 0.15) is 18.2 Å². The smallest absolute Gasteiger partial charge is 0.255 e. The molecule has 6 nitrogen and oxygen atoms in total. The molecule has 0 atom stereocenters. The highest BCUT2D eigenvalue weighted by Gasteiger charge is 2.19. The zero-order valence-electron chi connectivity index (χ0n) is 18.7. The fraction of sp³-hybridized carbons (Fsp3) is 0.148. The van der Waals surface area contributed by atoms with E-state index in [4.69, 9.17) is 4.74 Å². The van der Waals surface area contributed by atoms with Gasteiger partial charge < -0.3 is 15.4 Å². The molecule has 1 amide bonds. The van der Waals surface area contributed by atoms with Gasteiger partial charge in [0, 0.05) is 30.9 Å². The van der Waals surface area contributed by atoms with Crippen molar-refractivity contribution in [1.82, 2.24) is 15.3 Å². The number of nitrogens with zero attached hydrogens (tertiary/aromatic N) is 2. The first kappa shape index (κ1) is 22.5. The van der Waals surface area contributed by atoms with Crippen molar-refractivity contribution in [3.8, 4) is 16.9 Å². The van der Waals surface area contributed by atoms with Crippen molar-refractivity contribution >= 4 is 11.7 Å². The number of benzene rings is 2. The molecule has 8 heteroatoms. The molecule has 2 heterocycles. The maximum absolute atomic E-state index is 13.4. The van der Waals surface area contributed by atoms with E-state index in [2.05, 4.69) is 32.7 Å². The summed E-state index contributed by atoms with van der Waals surface area (Å²) in [5.41, 5.74) is 5.42. The van der Waals surface area contributed by atoms with Crippen LogP contribution in [0.2, 0.25) is 0 Å². The van der Waals surface area contributed by atoms with Gasteiger partial charge in [-0.3, -0.25) is 9.78 Å². The second-order valence-electron chi connectivity index (χ2n) is 8.10. The predicted octanol–water partition coefficient (Wildman–Crippen LogP) is 4.75. The van der Waals surface area contributed by atoms with Gasteiger partial charge in [-0.25, -0.2) is 13.8 Å². The summed E-state index contributed by atoms with van der Waals surface area (Å²) in [6, 6.07) is 16.9. The van der Waals surface area contributed by atoms with Gasteiger partial charge in [-0.05, 0) is 59.2 Å².